The Balaban J connectivity index is 1.51. The fraction of sp³-hybridized carbons (Fsp3) is 0.261. The maximum absolute atomic E-state index is 12.9. The van der Waals surface area contributed by atoms with E-state index in [0.717, 1.165) is 27.8 Å². The number of alkyl halides is 3. The zero-order chi connectivity index (χ0) is 26.2. The third-order valence-electron chi connectivity index (χ3n) is 6.06. The molecule has 14 heteroatoms. The summed E-state index contributed by atoms with van der Waals surface area (Å²) in [4.78, 5) is 28.6. The topological polar surface area (TPSA) is 142 Å². The Morgan fingerprint density at radius 1 is 1.19 bits per heavy atom. The summed E-state index contributed by atoms with van der Waals surface area (Å²) in [6.07, 6.45) is -3.90. The lowest BCUT2D eigenvalue weighted by Gasteiger charge is -2.35. The first kappa shape index (κ1) is 24.1. The number of aromatic nitrogens is 5. The number of aryl methyl sites for hydroxylation is 1. The molecule has 0 radical (unpaired) electrons. The van der Waals surface area contributed by atoms with Crippen LogP contribution in [-0.2, 0) is 19.1 Å². The first-order valence-electron chi connectivity index (χ1n) is 11.2. The molecule has 3 heterocycles. The van der Waals surface area contributed by atoms with E-state index < -0.39 is 35.9 Å². The van der Waals surface area contributed by atoms with Crippen molar-refractivity contribution in [1.29, 1.82) is 0 Å². The summed E-state index contributed by atoms with van der Waals surface area (Å²) in [6, 6.07) is 12.8. The number of nitrogens with zero attached hydrogens (tertiary/aromatic N) is 5. The summed E-state index contributed by atoms with van der Waals surface area (Å²) in [7, 11) is 0. The Kier molecular flexibility index (Phi) is 6.15. The van der Waals surface area contributed by atoms with Crippen molar-refractivity contribution >= 4 is 11.8 Å². The summed E-state index contributed by atoms with van der Waals surface area (Å²) in [6.45, 7) is 0.251. The highest BCUT2D eigenvalue weighted by Gasteiger charge is 2.38. The molecule has 2 aromatic carbocycles. The van der Waals surface area contributed by atoms with E-state index in [0.29, 0.717) is 18.5 Å². The van der Waals surface area contributed by atoms with Crippen LogP contribution in [0, 0.1) is 0 Å². The number of amides is 1. The van der Waals surface area contributed by atoms with Crippen molar-refractivity contribution in [2.24, 2.45) is 0 Å². The van der Waals surface area contributed by atoms with E-state index in [-0.39, 0.29) is 12.4 Å². The lowest BCUT2D eigenvalue weighted by molar-refractivity contribution is -0.144. The second-order valence-electron chi connectivity index (χ2n) is 8.42. The normalized spacial score (nSPS) is 17.8. The maximum atomic E-state index is 12.9. The molecule has 37 heavy (non-hydrogen) atoms. The van der Waals surface area contributed by atoms with Gasteiger partial charge in [0.25, 0.3) is 5.82 Å². The Morgan fingerprint density at radius 3 is 2.59 bits per heavy atom. The van der Waals surface area contributed by atoms with Crippen LogP contribution >= 0.6 is 0 Å². The molecule has 2 atom stereocenters. The number of hydrogen-bond acceptors (Lipinski definition) is 7. The molecule has 1 aliphatic rings. The molecule has 0 saturated carbocycles. The molecular formula is C23H20F3N7O4. The number of carboxylic acid groups (broad SMARTS) is 1. The minimum Gasteiger partial charge on any atom is -0.465 e. The smallest absolute Gasteiger partial charge is 0.453 e. The molecule has 2 unspecified atom stereocenters. The van der Waals surface area contributed by atoms with Gasteiger partial charge in [0.15, 0.2) is 0 Å². The molecule has 0 bridgehead atoms. The summed E-state index contributed by atoms with van der Waals surface area (Å²) in [5.41, 5.74) is 2.92. The largest absolute Gasteiger partial charge is 0.465 e. The molecule has 1 amide bonds. The highest BCUT2D eigenvalue weighted by atomic mass is 19.4. The summed E-state index contributed by atoms with van der Waals surface area (Å²) in [5.74, 6) is -1.98. The second-order valence-corrected chi connectivity index (χ2v) is 8.42. The highest BCUT2D eigenvalue weighted by molar-refractivity contribution is 5.66. The molecule has 0 saturated heterocycles. The van der Waals surface area contributed by atoms with Crippen LogP contribution < -0.4 is 16.0 Å². The van der Waals surface area contributed by atoms with Gasteiger partial charge in [0.1, 0.15) is 12.4 Å². The Morgan fingerprint density at radius 2 is 1.95 bits per heavy atom. The van der Waals surface area contributed by atoms with Crippen molar-refractivity contribution in [2.75, 3.05) is 4.90 Å². The number of benzene rings is 2. The van der Waals surface area contributed by atoms with Crippen LogP contribution in [0.25, 0.3) is 5.69 Å². The Labute approximate surface area is 206 Å². The molecule has 0 spiro atoms. The van der Waals surface area contributed by atoms with E-state index in [1.165, 1.54) is 0 Å². The molecule has 11 nitrogen and oxygen atoms in total. The van der Waals surface area contributed by atoms with E-state index in [4.69, 9.17) is 4.42 Å². The van der Waals surface area contributed by atoms with Crippen LogP contribution in [0.3, 0.4) is 0 Å². The van der Waals surface area contributed by atoms with Gasteiger partial charge in [-0.15, -0.1) is 10.2 Å². The van der Waals surface area contributed by atoms with Gasteiger partial charge in [0, 0.05) is 12.2 Å². The number of carbonyl (C=O) groups is 1. The molecule has 0 aliphatic carbocycles. The van der Waals surface area contributed by atoms with Crippen molar-refractivity contribution in [1.82, 2.24) is 30.3 Å². The van der Waals surface area contributed by atoms with Gasteiger partial charge in [0.2, 0.25) is 5.89 Å². The van der Waals surface area contributed by atoms with Crippen LogP contribution in [0.2, 0.25) is 0 Å². The third-order valence-corrected chi connectivity index (χ3v) is 6.06. The van der Waals surface area contributed by atoms with E-state index in [1.54, 1.807) is 24.3 Å². The first-order valence-corrected chi connectivity index (χ1v) is 11.2. The third kappa shape index (κ3) is 5.03. The standard InChI is InChI=1S/C23H20F3N7O4/c24-23(25,26)20-27-12-33(31-20)15-8-5-13(6-9-15)11-32-17-4-2-1-3-14(17)7-10-16(28-21(34)35)18(32)19-29-30-22(36)37-19/h1-6,8-9,12,16,18,28H,7,10-11H2,(H,30,36)(H,34,35). The minimum absolute atomic E-state index is 0.0272. The average molecular weight is 515 g/mol. The fourth-order valence-corrected chi connectivity index (χ4v) is 4.47. The second kappa shape index (κ2) is 9.44. The number of halogens is 3. The van der Waals surface area contributed by atoms with Gasteiger partial charge >= 0.3 is 18.0 Å². The fourth-order valence-electron chi connectivity index (χ4n) is 4.47. The average Bonchev–Trinajstić information content (AvgIpc) is 3.49. The number of hydrogen-bond donors (Lipinski definition) is 3. The SMILES string of the molecule is O=C(O)NC1CCc2ccccc2N(Cc2ccc(-n3cnc(C(F)(F)F)n3)cc2)C1c1n[nH]c(=O)o1. The molecule has 1 aliphatic heterocycles. The van der Waals surface area contributed by atoms with Crippen molar-refractivity contribution in [2.45, 2.75) is 37.6 Å². The predicted octanol–water partition coefficient (Wildman–Crippen LogP) is 3.29. The van der Waals surface area contributed by atoms with Crippen molar-refractivity contribution < 1.29 is 27.5 Å². The van der Waals surface area contributed by atoms with E-state index in [9.17, 15) is 27.9 Å². The molecule has 5 rings (SSSR count). The molecule has 4 aromatic rings. The Hall–Kier alpha value is -4.62. The van der Waals surface area contributed by atoms with Crippen molar-refractivity contribution in [3.05, 3.63) is 88.3 Å². The van der Waals surface area contributed by atoms with Gasteiger partial charge in [0.05, 0.1) is 11.7 Å². The number of anilines is 1. The maximum Gasteiger partial charge on any atom is 0.453 e. The zero-order valence-electron chi connectivity index (χ0n) is 19.0. The molecular weight excluding hydrogens is 495 g/mol. The molecule has 0 fully saturated rings. The lowest BCUT2D eigenvalue weighted by atomic mass is 10.0. The number of nitrogens with one attached hydrogen (secondary N) is 2. The van der Waals surface area contributed by atoms with Gasteiger partial charge < -0.3 is 19.7 Å². The van der Waals surface area contributed by atoms with Gasteiger partial charge in [-0.2, -0.15) is 13.2 Å². The number of fused-ring (bicyclic) bond motifs is 1. The molecule has 2 aromatic heterocycles. The first-order chi connectivity index (χ1) is 17.7. The monoisotopic (exact) mass is 515 g/mol. The Bertz CT molecular complexity index is 1460. The number of para-hydroxylation sites is 1. The quantitative estimate of drug-likeness (QED) is 0.368. The van der Waals surface area contributed by atoms with Gasteiger partial charge in [-0.3, -0.25) is 0 Å². The zero-order valence-corrected chi connectivity index (χ0v) is 19.0. The van der Waals surface area contributed by atoms with Crippen LogP contribution in [0.15, 0.2) is 64.1 Å². The minimum atomic E-state index is -4.65. The lowest BCUT2D eigenvalue weighted by Crippen LogP contribution is -2.45. The molecule has 192 valence electrons. The van der Waals surface area contributed by atoms with Gasteiger partial charge in [-0.05, 0) is 42.2 Å². The predicted molar refractivity (Wildman–Crippen MR) is 122 cm³/mol. The highest BCUT2D eigenvalue weighted by Crippen LogP contribution is 2.38. The number of aromatic amines is 1. The van der Waals surface area contributed by atoms with E-state index >= 15 is 0 Å². The van der Waals surface area contributed by atoms with Crippen molar-refractivity contribution in [3.8, 4) is 5.69 Å². The van der Waals surface area contributed by atoms with Crippen LogP contribution in [-0.4, -0.2) is 42.2 Å². The number of H-pyrrole nitrogens is 1. The van der Waals surface area contributed by atoms with Crippen LogP contribution in [0.4, 0.5) is 23.7 Å². The van der Waals surface area contributed by atoms with Gasteiger partial charge in [-0.25, -0.2) is 24.4 Å². The van der Waals surface area contributed by atoms with Gasteiger partial charge in [-0.1, -0.05) is 30.3 Å². The number of rotatable bonds is 5. The van der Waals surface area contributed by atoms with Crippen LogP contribution in [0.1, 0.15) is 35.3 Å². The summed E-state index contributed by atoms with van der Waals surface area (Å²) < 4.78 is 44.9. The van der Waals surface area contributed by atoms with Crippen molar-refractivity contribution in [3.63, 3.8) is 0 Å². The summed E-state index contributed by atoms with van der Waals surface area (Å²) >= 11 is 0. The van der Waals surface area contributed by atoms with E-state index in [2.05, 4.69) is 25.6 Å². The molecule has 3 N–H and O–H groups in total. The summed E-state index contributed by atoms with van der Waals surface area (Å²) in [5, 5.41) is 21.7. The van der Waals surface area contributed by atoms with E-state index in [1.807, 2.05) is 29.2 Å². The van der Waals surface area contributed by atoms with Crippen LogP contribution in [0.5, 0.6) is 0 Å².